The Kier molecular flexibility index (Phi) is 4.57. The minimum absolute atomic E-state index is 0.147. The van der Waals surface area contributed by atoms with Crippen LogP contribution in [-0.4, -0.2) is 23.2 Å². The number of benzene rings is 1. The highest BCUT2D eigenvalue weighted by molar-refractivity contribution is 6.35. The maximum Gasteiger partial charge on any atom is 0.305 e. The summed E-state index contributed by atoms with van der Waals surface area (Å²) in [5, 5.41) is 11.8. The molecule has 2 aromatic rings. The molecule has 2 rings (SSSR count). The Morgan fingerprint density at radius 2 is 2.20 bits per heavy atom. The number of nitrogens with zero attached hydrogens (tertiary/aromatic N) is 1. The first kappa shape index (κ1) is 14.8. The van der Waals surface area contributed by atoms with Gasteiger partial charge in [0.05, 0.1) is 25.2 Å². The predicted molar refractivity (Wildman–Crippen MR) is 77.5 cm³/mol. The van der Waals surface area contributed by atoms with Gasteiger partial charge < -0.3 is 9.84 Å². The van der Waals surface area contributed by atoms with Gasteiger partial charge in [0.15, 0.2) is 0 Å². The maximum atomic E-state index is 11.3. The summed E-state index contributed by atoms with van der Waals surface area (Å²) in [4.78, 5) is 15.6. The van der Waals surface area contributed by atoms with Gasteiger partial charge in [-0.25, -0.2) is 0 Å². The summed E-state index contributed by atoms with van der Waals surface area (Å²) in [6.45, 7) is 1.80. The molecule has 1 N–H and O–H groups in total. The van der Waals surface area contributed by atoms with Crippen LogP contribution in [-0.2, 0) is 9.53 Å². The fourth-order valence-electron chi connectivity index (χ4n) is 2.16. The van der Waals surface area contributed by atoms with Crippen molar-refractivity contribution in [1.82, 2.24) is 4.98 Å². The van der Waals surface area contributed by atoms with Crippen LogP contribution >= 0.6 is 11.6 Å². The predicted octanol–water partition coefficient (Wildman–Crippen LogP) is 3.12. The Morgan fingerprint density at radius 1 is 1.45 bits per heavy atom. The number of methoxy groups -OCH3 is 1. The summed E-state index contributed by atoms with van der Waals surface area (Å²) in [6, 6.07) is 7.12. The number of aliphatic hydroxyl groups is 1. The molecule has 1 aromatic carbocycles. The van der Waals surface area contributed by atoms with Crippen LogP contribution in [0.15, 0.2) is 30.5 Å². The minimum atomic E-state index is -0.802. The second-order valence-electron chi connectivity index (χ2n) is 4.74. The van der Waals surface area contributed by atoms with Crippen molar-refractivity contribution in [2.45, 2.75) is 19.4 Å². The van der Waals surface area contributed by atoms with E-state index < -0.39 is 6.10 Å². The molecule has 0 fully saturated rings. The van der Waals surface area contributed by atoms with Crippen LogP contribution in [0.1, 0.15) is 25.0 Å². The van der Waals surface area contributed by atoms with Crippen LogP contribution < -0.4 is 0 Å². The molecule has 0 aliphatic heterocycles. The van der Waals surface area contributed by atoms with Gasteiger partial charge in [-0.1, -0.05) is 24.6 Å². The highest BCUT2D eigenvalue weighted by Gasteiger charge is 2.22. The highest BCUT2D eigenvalue weighted by atomic mass is 35.5. The van der Waals surface area contributed by atoms with E-state index in [9.17, 15) is 9.90 Å². The first-order chi connectivity index (χ1) is 9.54. The van der Waals surface area contributed by atoms with Crippen molar-refractivity contribution in [3.63, 3.8) is 0 Å². The molecular formula is C15H16ClNO3. The Bertz CT molecular complexity index is 630. The van der Waals surface area contributed by atoms with E-state index in [1.165, 1.54) is 7.11 Å². The fraction of sp³-hybridized carbons (Fsp3) is 0.333. The lowest BCUT2D eigenvalue weighted by Gasteiger charge is -2.19. The quantitative estimate of drug-likeness (QED) is 0.880. The van der Waals surface area contributed by atoms with Crippen molar-refractivity contribution in [3.8, 4) is 0 Å². The van der Waals surface area contributed by atoms with E-state index in [0.29, 0.717) is 16.1 Å². The normalized spacial score (nSPS) is 14.0. The van der Waals surface area contributed by atoms with Gasteiger partial charge in [-0.05, 0) is 24.1 Å². The van der Waals surface area contributed by atoms with E-state index in [2.05, 4.69) is 9.72 Å². The third-order valence-electron chi connectivity index (χ3n) is 3.32. The molecule has 0 aliphatic rings. The molecule has 0 radical (unpaired) electrons. The number of esters is 1. The Hall–Kier alpha value is -1.65. The first-order valence-corrected chi connectivity index (χ1v) is 6.70. The molecule has 5 heteroatoms. The average Bonchev–Trinajstić information content (AvgIpc) is 2.47. The van der Waals surface area contributed by atoms with Crippen molar-refractivity contribution in [1.29, 1.82) is 0 Å². The van der Waals surface area contributed by atoms with Crippen molar-refractivity contribution in [2.75, 3.05) is 7.11 Å². The summed E-state index contributed by atoms with van der Waals surface area (Å²) in [5.74, 6) is -0.614. The molecule has 0 saturated carbocycles. The lowest BCUT2D eigenvalue weighted by Crippen LogP contribution is -2.15. The zero-order valence-corrected chi connectivity index (χ0v) is 12.1. The standard InChI is InChI=1S/C15H16ClNO3/c1-9(8-13(18)20-2)15(19)11-5-6-12(16)10-4-3-7-17-14(10)11/h3-7,9,15,19H,8H2,1-2H3. The van der Waals surface area contributed by atoms with Crippen LogP contribution in [0.5, 0.6) is 0 Å². The van der Waals surface area contributed by atoms with Gasteiger partial charge in [-0.2, -0.15) is 0 Å². The monoisotopic (exact) mass is 293 g/mol. The Balaban J connectivity index is 2.37. The van der Waals surface area contributed by atoms with E-state index in [0.717, 1.165) is 5.39 Å². The smallest absolute Gasteiger partial charge is 0.305 e. The van der Waals surface area contributed by atoms with Gasteiger partial charge in [-0.15, -0.1) is 0 Å². The molecule has 1 heterocycles. The van der Waals surface area contributed by atoms with Gasteiger partial charge in [0, 0.05) is 22.2 Å². The molecule has 2 unspecified atom stereocenters. The molecule has 106 valence electrons. The number of fused-ring (bicyclic) bond motifs is 1. The van der Waals surface area contributed by atoms with E-state index in [4.69, 9.17) is 11.6 Å². The number of carbonyl (C=O) groups is 1. The second kappa shape index (κ2) is 6.20. The number of rotatable bonds is 4. The lowest BCUT2D eigenvalue weighted by atomic mass is 9.93. The molecular weight excluding hydrogens is 278 g/mol. The van der Waals surface area contributed by atoms with Crippen molar-refractivity contribution in [2.24, 2.45) is 5.92 Å². The minimum Gasteiger partial charge on any atom is -0.469 e. The third-order valence-corrected chi connectivity index (χ3v) is 3.65. The SMILES string of the molecule is COC(=O)CC(C)C(O)c1ccc(Cl)c2cccnc12. The molecule has 0 aliphatic carbocycles. The van der Waals surface area contributed by atoms with Crippen molar-refractivity contribution >= 4 is 28.5 Å². The number of aromatic nitrogens is 1. The largest absolute Gasteiger partial charge is 0.469 e. The highest BCUT2D eigenvalue weighted by Crippen LogP contribution is 2.32. The molecule has 0 amide bonds. The first-order valence-electron chi connectivity index (χ1n) is 6.32. The number of pyridine rings is 1. The van der Waals surface area contributed by atoms with Gasteiger partial charge in [0.25, 0.3) is 0 Å². The summed E-state index contributed by atoms with van der Waals surface area (Å²) in [6.07, 6.45) is 0.998. The van der Waals surface area contributed by atoms with E-state index in [1.54, 1.807) is 31.3 Å². The van der Waals surface area contributed by atoms with Crippen LogP contribution in [0.2, 0.25) is 5.02 Å². The number of hydrogen-bond donors (Lipinski definition) is 1. The second-order valence-corrected chi connectivity index (χ2v) is 5.15. The van der Waals surface area contributed by atoms with Crippen LogP contribution in [0.25, 0.3) is 10.9 Å². The van der Waals surface area contributed by atoms with Crippen LogP contribution in [0.3, 0.4) is 0 Å². The van der Waals surface area contributed by atoms with Crippen LogP contribution in [0, 0.1) is 5.92 Å². The number of carbonyl (C=O) groups excluding carboxylic acids is 1. The topological polar surface area (TPSA) is 59.4 Å². The zero-order valence-electron chi connectivity index (χ0n) is 11.3. The van der Waals surface area contributed by atoms with Crippen LogP contribution in [0.4, 0.5) is 0 Å². The van der Waals surface area contributed by atoms with Crippen molar-refractivity contribution < 1.29 is 14.6 Å². The van der Waals surface area contributed by atoms with Gasteiger partial charge in [0.2, 0.25) is 0 Å². The number of aliphatic hydroxyl groups excluding tert-OH is 1. The van der Waals surface area contributed by atoms with Gasteiger partial charge >= 0.3 is 5.97 Å². The molecule has 0 saturated heterocycles. The number of hydrogen-bond acceptors (Lipinski definition) is 4. The molecule has 1 aromatic heterocycles. The third kappa shape index (κ3) is 2.92. The lowest BCUT2D eigenvalue weighted by molar-refractivity contribution is -0.142. The molecule has 2 atom stereocenters. The summed E-state index contributed by atoms with van der Waals surface area (Å²) in [5.41, 5.74) is 1.32. The Labute approximate surface area is 122 Å². The summed E-state index contributed by atoms with van der Waals surface area (Å²) >= 11 is 6.12. The molecule has 0 spiro atoms. The van der Waals surface area contributed by atoms with Gasteiger partial charge in [0.1, 0.15) is 0 Å². The van der Waals surface area contributed by atoms with E-state index in [1.807, 2.05) is 6.07 Å². The van der Waals surface area contributed by atoms with E-state index >= 15 is 0 Å². The number of halogens is 1. The molecule has 4 nitrogen and oxygen atoms in total. The maximum absolute atomic E-state index is 11.3. The van der Waals surface area contributed by atoms with Crippen molar-refractivity contribution in [3.05, 3.63) is 41.0 Å². The zero-order chi connectivity index (χ0) is 14.7. The molecule has 20 heavy (non-hydrogen) atoms. The number of ether oxygens (including phenoxy) is 1. The average molecular weight is 294 g/mol. The van der Waals surface area contributed by atoms with Gasteiger partial charge in [-0.3, -0.25) is 9.78 Å². The Morgan fingerprint density at radius 3 is 2.90 bits per heavy atom. The summed E-state index contributed by atoms with van der Waals surface area (Å²) < 4.78 is 4.63. The van der Waals surface area contributed by atoms with E-state index in [-0.39, 0.29) is 18.3 Å². The molecule has 0 bridgehead atoms. The fourth-order valence-corrected chi connectivity index (χ4v) is 2.38. The summed E-state index contributed by atoms with van der Waals surface area (Å²) in [7, 11) is 1.33.